The summed E-state index contributed by atoms with van der Waals surface area (Å²) < 4.78 is 0. The van der Waals surface area contributed by atoms with Gasteiger partial charge in [0.1, 0.15) is 5.56 Å². The Morgan fingerprint density at radius 3 is 2.75 bits per heavy atom. The third kappa shape index (κ3) is 2.93. The third-order valence-electron chi connectivity index (χ3n) is 2.19. The highest BCUT2D eigenvalue weighted by Crippen LogP contribution is 2.19. The fourth-order valence-electron chi connectivity index (χ4n) is 1.54. The Morgan fingerprint density at radius 2 is 2.19 bits per heavy atom. The van der Waals surface area contributed by atoms with Gasteiger partial charge in [-0.05, 0) is 26.3 Å². The zero-order chi connectivity index (χ0) is 12.1. The Labute approximate surface area is 94.1 Å². The Hall–Kier alpha value is -1.62. The lowest BCUT2D eigenvalue weighted by Gasteiger charge is -2.11. The summed E-state index contributed by atoms with van der Waals surface area (Å²) in [6, 6.07) is 1.70. The molecular weight excluding hydrogens is 208 g/mol. The highest BCUT2D eigenvalue weighted by molar-refractivity contribution is 5.95. The molecule has 16 heavy (non-hydrogen) atoms. The number of aromatic carboxylic acids is 1. The van der Waals surface area contributed by atoms with E-state index in [4.69, 9.17) is 10.2 Å². The molecule has 1 aromatic heterocycles. The van der Waals surface area contributed by atoms with Crippen LogP contribution in [0.4, 0.5) is 5.69 Å². The number of anilines is 1. The van der Waals surface area contributed by atoms with Gasteiger partial charge in [0.2, 0.25) is 0 Å². The smallest absolute Gasteiger partial charge is 0.339 e. The largest absolute Gasteiger partial charge is 0.478 e. The van der Waals surface area contributed by atoms with E-state index in [9.17, 15) is 4.79 Å². The topological polar surface area (TPSA) is 82.5 Å². The SMILES string of the molecule is Cc1cc(NCCCO)c(C(=O)O)c(C)n1. The fourth-order valence-corrected chi connectivity index (χ4v) is 1.54. The molecule has 0 aliphatic rings. The van der Waals surface area contributed by atoms with Gasteiger partial charge in [0, 0.05) is 18.8 Å². The van der Waals surface area contributed by atoms with Crippen molar-refractivity contribution in [3.63, 3.8) is 0 Å². The van der Waals surface area contributed by atoms with Crippen LogP contribution in [0.3, 0.4) is 0 Å². The van der Waals surface area contributed by atoms with E-state index in [0.29, 0.717) is 24.3 Å². The first-order chi connectivity index (χ1) is 7.56. The Morgan fingerprint density at radius 1 is 1.50 bits per heavy atom. The number of carboxylic acid groups (broad SMARTS) is 1. The number of aliphatic hydroxyl groups excluding tert-OH is 1. The number of hydrogen-bond donors (Lipinski definition) is 3. The van der Waals surface area contributed by atoms with E-state index in [1.807, 2.05) is 6.92 Å². The normalized spacial score (nSPS) is 10.2. The molecule has 1 rings (SSSR count). The molecular formula is C11H16N2O3. The van der Waals surface area contributed by atoms with E-state index in [1.54, 1.807) is 13.0 Å². The van der Waals surface area contributed by atoms with Gasteiger partial charge in [-0.2, -0.15) is 0 Å². The number of carbonyl (C=O) groups is 1. The average molecular weight is 224 g/mol. The third-order valence-corrected chi connectivity index (χ3v) is 2.19. The molecule has 0 atom stereocenters. The predicted octanol–water partition coefficient (Wildman–Crippen LogP) is 1.19. The molecule has 3 N–H and O–H groups in total. The van der Waals surface area contributed by atoms with Crippen molar-refractivity contribution < 1.29 is 15.0 Å². The number of rotatable bonds is 5. The number of aliphatic hydroxyl groups is 1. The number of nitrogens with zero attached hydrogens (tertiary/aromatic N) is 1. The lowest BCUT2D eigenvalue weighted by Crippen LogP contribution is -2.12. The van der Waals surface area contributed by atoms with Gasteiger partial charge in [-0.15, -0.1) is 0 Å². The van der Waals surface area contributed by atoms with Crippen LogP contribution < -0.4 is 5.32 Å². The molecule has 1 heterocycles. The molecule has 0 fully saturated rings. The summed E-state index contributed by atoms with van der Waals surface area (Å²) in [5, 5.41) is 20.7. The van der Waals surface area contributed by atoms with Crippen LogP contribution in [0.15, 0.2) is 6.07 Å². The van der Waals surface area contributed by atoms with Gasteiger partial charge in [-0.1, -0.05) is 0 Å². The highest BCUT2D eigenvalue weighted by atomic mass is 16.4. The first-order valence-corrected chi connectivity index (χ1v) is 5.12. The molecule has 1 aromatic rings. The highest BCUT2D eigenvalue weighted by Gasteiger charge is 2.14. The second kappa shape index (κ2) is 5.46. The molecule has 0 bridgehead atoms. The first-order valence-electron chi connectivity index (χ1n) is 5.12. The van der Waals surface area contributed by atoms with Gasteiger partial charge < -0.3 is 15.5 Å². The molecule has 0 spiro atoms. The monoisotopic (exact) mass is 224 g/mol. The van der Waals surface area contributed by atoms with Crippen LogP contribution in [0.1, 0.15) is 28.2 Å². The second-order valence-corrected chi connectivity index (χ2v) is 3.58. The summed E-state index contributed by atoms with van der Waals surface area (Å²) in [5.41, 5.74) is 2.03. The van der Waals surface area contributed by atoms with Crippen LogP contribution in [0.2, 0.25) is 0 Å². The van der Waals surface area contributed by atoms with E-state index in [0.717, 1.165) is 5.69 Å². The summed E-state index contributed by atoms with van der Waals surface area (Å²) >= 11 is 0. The van der Waals surface area contributed by atoms with Crippen LogP contribution in [0.25, 0.3) is 0 Å². The Bertz CT molecular complexity index is 391. The van der Waals surface area contributed by atoms with Crippen molar-refractivity contribution >= 4 is 11.7 Å². The lowest BCUT2D eigenvalue weighted by molar-refractivity contribution is 0.0696. The maximum absolute atomic E-state index is 11.1. The molecule has 0 aromatic carbocycles. The predicted molar refractivity (Wildman–Crippen MR) is 60.9 cm³/mol. The van der Waals surface area contributed by atoms with Crippen molar-refractivity contribution in [3.8, 4) is 0 Å². The Balaban J connectivity index is 2.99. The van der Waals surface area contributed by atoms with Gasteiger partial charge in [-0.3, -0.25) is 4.98 Å². The van der Waals surface area contributed by atoms with Gasteiger partial charge in [0.25, 0.3) is 0 Å². The lowest BCUT2D eigenvalue weighted by atomic mass is 10.1. The molecule has 0 aliphatic heterocycles. The van der Waals surface area contributed by atoms with E-state index >= 15 is 0 Å². The van der Waals surface area contributed by atoms with Crippen molar-refractivity contribution in [1.29, 1.82) is 0 Å². The number of hydrogen-bond acceptors (Lipinski definition) is 4. The van der Waals surface area contributed by atoms with Gasteiger partial charge >= 0.3 is 5.97 Å². The van der Waals surface area contributed by atoms with E-state index < -0.39 is 5.97 Å². The van der Waals surface area contributed by atoms with Gasteiger partial charge in [-0.25, -0.2) is 4.79 Å². The van der Waals surface area contributed by atoms with Crippen LogP contribution in [-0.4, -0.2) is 34.3 Å². The molecule has 0 amide bonds. The molecule has 0 aliphatic carbocycles. The number of nitrogens with one attached hydrogen (secondary N) is 1. The summed E-state index contributed by atoms with van der Waals surface area (Å²) in [5.74, 6) is -0.989. The van der Waals surface area contributed by atoms with E-state index in [2.05, 4.69) is 10.3 Å². The van der Waals surface area contributed by atoms with Crippen LogP contribution >= 0.6 is 0 Å². The zero-order valence-electron chi connectivity index (χ0n) is 9.45. The standard InChI is InChI=1S/C11H16N2O3/c1-7-6-9(12-4-3-5-14)10(11(15)16)8(2)13-7/h6,14H,3-5H2,1-2H3,(H,12,13)(H,15,16). The first kappa shape index (κ1) is 12.4. The number of aryl methyl sites for hydroxylation is 2. The molecule has 88 valence electrons. The minimum absolute atomic E-state index is 0.0818. The average Bonchev–Trinajstić information content (AvgIpc) is 2.16. The van der Waals surface area contributed by atoms with E-state index in [1.165, 1.54) is 0 Å². The maximum Gasteiger partial charge on any atom is 0.339 e. The quantitative estimate of drug-likeness (QED) is 0.654. The van der Waals surface area contributed by atoms with Gasteiger partial charge in [0.15, 0.2) is 0 Å². The summed E-state index contributed by atoms with van der Waals surface area (Å²) in [4.78, 5) is 15.2. The fraction of sp³-hybridized carbons (Fsp3) is 0.455. The Kier molecular flexibility index (Phi) is 4.25. The van der Waals surface area contributed by atoms with Gasteiger partial charge in [0.05, 0.1) is 11.4 Å². The minimum Gasteiger partial charge on any atom is -0.478 e. The molecule has 5 nitrogen and oxygen atoms in total. The van der Waals surface area contributed by atoms with Crippen molar-refractivity contribution in [3.05, 3.63) is 23.0 Å². The summed E-state index contributed by atoms with van der Waals surface area (Å²) in [7, 11) is 0. The van der Waals surface area contributed by atoms with Crippen molar-refractivity contribution in [1.82, 2.24) is 4.98 Å². The zero-order valence-corrected chi connectivity index (χ0v) is 9.45. The number of carboxylic acids is 1. The number of pyridine rings is 1. The molecule has 0 unspecified atom stereocenters. The minimum atomic E-state index is -0.989. The number of aromatic nitrogens is 1. The summed E-state index contributed by atoms with van der Waals surface area (Å²) in [6.07, 6.45) is 0.583. The second-order valence-electron chi connectivity index (χ2n) is 3.58. The van der Waals surface area contributed by atoms with Crippen LogP contribution in [0.5, 0.6) is 0 Å². The van der Waals surface area contributed by atoms with E-state index in [-0.39, 0.29) is 12.2 Å². The van der Waals surface area contributed by atoms with Crippen molar-refractivity contribution in [2.24, 2.45) is 0 Å². The molecule has 0 saturated carbocycles. The van der Waals surface area contributed by atoms with Crippen molar-refractivity contribution in [2.75, 3.05) is 18.5 Å². The maximum atomic E-state index is 11.1. The molecule has 5 heteroatoms. The van der Waals surface area contributed by atoms with Crippen LogP contribution in [-0.2, 0) is 0 Å². The summed E-state index contributed by atoms with van der Waals surface area (Å²) in [6.45, 7) is 4.11. The van der Waals surface area contributed by atoms with Crippen molar-refractivity contribution in [2.45, 2.75) is 20.3 Å². The molecule has 0 radical (unpaired) electrons. The molecule has 0 saturated heterocycles. The van der Waals surface area contributed by atoms with Crippen LogP contribution in [0, 0.1) is 13.8 Å².